The molecule has 0 fully saturated rings. The van der Waals surface area contributed by atoms with E-state index >= 15 is 0 Å². The summed E-state index contributed by atoms with van der Waals surface area (Å²) in [7, 11) is 1.62. The van der Waals surface area contributed by atoms with Gasteiger partial charge in [0.1, 0.15) is 18.1 Å². The predicted octanol–water partition coefficient (Wildman–Crippen LogP) is 6.10. The molecule has 0 radical (unpaired) electrons. The van der Waals surface area contributed by atoms with E-state index < -0.39 is 0 Å². The van der Waals surface area contributed by atoms with Crippen LogP contribution in [0.25, 0.3) is 5.69 Å². The van der Waals surface area contributed by atoms with Crippen LogP contribution < -0.4 is 14.9 Å². The number of carbonyl (C=O) groups is 1. The largest absolute Gasteiger partial charge is 0.496 e. The lowest BCUT2D eigenvalue weighted by molar-refractivity contribution is 0.0955. The molecule has 1 aromatic heterocycles. The van der Waals surface area contributed by atoms with Crippen molar-refractivity contribution in [2.45, 2.75) is 20.5 Å². The van der Waals surface area contributed by atoms with Crippen LogP contribution in [0.1, 0.15) is 32.6 Å². The number of ether oxygens (including phenoxy) is 2. The second-order valence-corrected chi connectivity index (χ2v) is 8.42. The van der Waals surface area contributed by atoms with Gasteiger partial charge in [-0.3, -0.25) is 4.79 Å². The molecule has 0 aliphatic rings. The topological polar surface area (TPSA) is 64.8 Å². The van der Waals surface area contributed by atoms with E-state index in [0.717, 1.165) is 38.7 Å². The summed E-state index contributed by atoms with van der Waals surface area (Å²) in [5, 5.41) is 4.90. The highest BCUT2D eigenvalue weighted by molar-refractivity contribution is 6.32. The molecule has 0 unspecified atom stereocenters. The molecule has 1 N–H and O–H groups in total. The first-order chi connectivity index (χ1) is 17.0. The molecule has 6 nitrogen and oxygen atoms in total. The smallest absolute Gasteiger partial charge is 0.273 e. The molecule has 3 aromatic carbocycles. The zero-order valence-corrected chi connectivity index (χ0v) is 20.5. The number of nitrogens with one attached hydrogen (secondary N) is 1. The standard InChI is InChI=1S/C28H26ClN3O3/c1-19-14-23(15-20(2)27(19)29)35-18-22-16-21(10-11-26(22)34-3)17-30-31-28(33)24-8-4-5-9-25(24)32-12-6-7-13-32/h4-17H,18H2,1-3H3,(H,31,33)/b30-17+. The monoisotopic (exact) mass is 487 g/mol. The summed E-state index contributed by atoms with van der Waals surface area (Å²) in [5.41, 5.74) is 7.50. The number of rotatable bonds is 8. The molecule has 7 heteroatoms. The maximum Gasteiger partial charge on any atom is 0.273 e. The fourth-order valence-corrected chi connectivity index (χ4v) is 3.86. The second kappa shape index (κ2) is 10.9. The van der Waals surface area contributed by atoms with Crippen molar-refractivity contribution in [1.82, 2.24) is 9.99 Å². The lowest BCUT2D eigenvalue weighted by Crippen LogP contribution is -2.19. The Morgan fingerprint density at radius 2 is 1.74 bits per heavy atom. The summed E-state index contributed by atoms with van der Waals surface area (Å²) in [6, 6.07) is 20.6. The van der Waals surface area contributed by atoms with Crippen molar-refractivity contribution in [2.24, 2.45) is 5.10 Å². The zero-order chi connectivity index (χ0) is 24.8. The van der Waals surface area contributed by atoms with Crippen molar-refractivity contribution >= 4 is 23.7 Å². The Balaban J connectivity index is 1.46. The molecule has 0 spiro atoms. The van der Waals surface area contributed by atoms with Crippen LogP contribution in [0.2, 0.25) is 5.02 Å². The molecule has 178 valence electrons. The third kappa shape index (κ3) is 5.73. The quantitative estimate of drug-likeness (QED) is 0.241. The molecule has 35 heavy (non-hydrogen) atoms. The minimum atomic E-state index is -0.295. The third-order valence-corrected chi connectivity index (χ3v) is 6.12. The van der Waals surface area contributed by atoms with Gasteiger partial charge in [-0.1, -0.05) is 23.7 Å². The van der Waals surface area contributed by atoms with Crippen LogP contribution in [-0.4, -0.2) is 23.8 Å². The summed E-state index contributed by atoms with van der Waals surface area (Å²) in [4.78, 5) is 12.8. The first-order valence-corrected chi connectivity index (χ1v) is 11.5. The Kier molecular flexibility index (Phi) is 7.53. The van der Waals surface area contributed by atoms with Gasteiger partial charge in [-0.25, -0.2) is 5.43 Å². The van der Waals surface area contributed by atoms with Gasteiger partial charge in [0.2, 0.25) is 0 Å². The molecule has 0 aliphatic heterocycles. The minimum absolute atomic E-state index is 0.295. The molecular formula is C28H26ClN3O3. The van der Waals surface area contributed by atoms with E-state index in [2.05, 4.69) is 10.5 Å². The highest BCUT2D eigenvalue weighted by Gasteiger charge is 2.11. The second-order valence-electron chi connectivity index (χ2n) is 8.04. The summed E-state index contributed by atoms with van der Waals surface area (Å²) in [5.74, 6) is 1.14. The number of hydrogen-bond donors (Lipinski definition) is 1. The fraction of sp³-hybridized carbons (Fsp3) is 0.143. The maximum absolute atomic E-state index is 12.8. The molecule has 0 saturated heterocycles. The number of carbonyl (C=O) groups excluding carboxylic acids is 1. The molecule has 0 atom stereocenters. The Hall–Kier alpha value is -4.03. The molecule has 1 amide bonds. The van der Waals surface area contributed by atoms with E-state index in [4.69, 9.17) is 21.1 Å². The number of methoxy groups -OCH3 is 1. The van der Waals surface area contributed by atoms with Crippen LogP contribution in [-0.2, 0) is 6.61 Å². The minimum Gasteiger partial charge on any atom is -0.496 e. The Morgan fingerprint density at radius 3 is 2.46 bits per heavy atom. The molecular weight excluding hydrogens is 462 g/mol. The molecule has 4 aromatic rings. The average Bonchev–Trinajstić information content (AvgIpc) is 3.41. The Morgan fingerprint density at radius 1 is 1.03 bits per heavy atom. The number of hydrogen-bond acceptors (Lipinski definition) is 4. The highest BCUT2D eigenvalue weighted by Crippen LogP contribution is 2.27. The maximum atomic E-state index is 12.8. The van der Waals surface area contributed by atoms with Crippen molar-refractivity contribution in [2.75, 3.05) is 7.11 Å². The Labute approximate surface area is 209 Å². The van der Waals surface area contributed by atoms with Crippen molar-refractivity contribution in [3.05, 3.63) is 112 Å². The normalized spacial score (nSPS) is 11.0. The molecule has 0 saturated carbocycles. The molecule has 1 heterocycles. The molecule has 0 aliphatic carbocycles. The first-order valence-electron chi connectivity index (χ1n) is 11.1. The molecule has 4 rings (SSSR count). The van der Waals surface area contributed by atoms with Crippen LogP contribution in [0.15, 0.2) is 84.2 Å². The van der Waals surface area contributed by atoms with E-state index in [9.17, 15) is 4.79 Å². The summed E-state index contributed by atoms with van der Waals surface area (Å²) in [6.07, 6.45) is 5.38. The number of nitrogens with zero attached hydrogens (tertiary/aromatic N) is 2. The van der Waals surface area contributed by atoms with Gasteiger partial charge in [-0.05, 0) is 85.1 Å². The lowest BCUT2D eigenvalue weighted by Gasteiger charge is -2.13. The van der Waals surface area contributed by atoms with E-state index in [1.165, 1.54) is 0 Å². The highest BCUT2D eigenvalue weighted by atomic mass is 35.5. The van der Waals surface area contributed by atoms with Crippen molar-refractivity contribution in [3.8, 4) is 17.2 Å². The van der Waals surface area contributed by atoms with Gasteiger partial charge in [0.05, 0.1) is 24.6 Å². The van der Waals surface area contributed by atoms with Crippen LogP contribution in [0.3, 0.4) is 0 Å². The number of aromatic nitrogens is 1. The number of hydrazone groups is 1. The SMILES string of the molecule is COc1ccc(/C=N/NC(=O)c2ccccc2-n2cccc2)cc1COc1cc(C)c(Cl)c(C)c1. The van der Waals surface area contributed by atoms with Crippen LogP contribution >= 0.6 is 11.6 Å². The van der Waals surface area contributed by atoms with E-state index in [0.29, 0.717) is 17.9 Å². The van der Waals surface area contributed by atoms with Gasteiger partial charge in [-0.15, -0.1) is 0 Å². The summed E-state index contributed by atoms with van der Waals surface area (Å²) < 4.78 is 13.4. The summed E-state index contributed by atoms with van der Waals surface area (Å²) in [6.45, 7) is 4.21. The predicted molar refractivity (Wildman–Crippen MR) is 139 cm³/mol. The van der Waals surface area contributed by atoms with Gasteiger partial charge in [0.15, 0.2) is 0 Å². The first kappa shape index (κ1) is 24.1. The third-order valence-electron chi connectivity index (χ3n) is 5.52. The van der Waals surface area contributed by atoms with Gasteiger partial charge in [0.25, 0.3) is 5.91 Å². The zero-order valence-electron chi connectivity index (χ0n) is 19.8. The van der Waals surface area contributed by atoms with Gasteiger partial charge < -0.3 is 14.0 Å². The van der Waals surface area contributed by atoms with Crippen LogP contribution in [0.5, 0.6) is 11.5 Å². The van der Waals surface area contributed by atoms with Crippen LogP contribution in [0.4, 0.5) is 0 Å². The average molecular weight is 488 g/mol. The van der Waals surface area contributed by atoms with Crippen molar-refractivity contribution < 1.29 is 14.3 Å². The van der Waals surface area contributed by atoms with E-state index in [1.54, 1.807) is 19.4 Å². The van der Waals surface area contributed by atoms with E-state index in [-0.39, 0.29) is 5.91 Å². The van der Waals surface area contributed by atoms with E-state index in [1.807, 2.05) is 91.5 Å². The number of amides is 1. The summed E-state index contributed by atoms with van der Waals surface area (Å²) >= 11 is 6.26. The van der Waals surface area contributed by atoms with Crippen LogP contribution in [0, 0.1) is 13.8 Å². The lowest BCUT2D eigenvalue weighted by atomic mass is 10.1. The Bertz CT molecular complexity index is 1340. The van der Waals surface area contributed by atoms with Crippen molar-refractivity contribution in [1.29, 1.82) is 0 Å². The number of halogens is 1. The fourth-order valence-electron chi connectivity index (χ4n) is 3.75. The number of benzene rings is 3. The number of para-hydroxylation sites is 1. The van der Waals surface area contributed by atoms with Gasteiger partial charge in [0, 0.05) is 23.0 Å². The molecule has 0 bridgehead atoms. The van der Waals surface area contributed by atoms with Gasteiger partial charge >= 0.3 is 0 Å². The van der Waals surface area contributed by atoms with Gasteiger partial charge in [-0.2, -0.15) is 5.10 Å². The van der Waals surface area contributed by atoms with Crippen molar-refractivity contribution in [3.63, 3.8) is 0 Å². The number of aryl methyl sites for hydroxylation is 2.